The number of rotatable bonds is 12. The van der Waals surface area contributed by atoms with Gasteiger partial charge in [-0.2, -0.15) is 0 Å². The van der Waals surface area contributed by atoms with Gasteiger partial charge in [-0.05, 0) is 60.9 Å². The zero-order valence-corrected chi connectivity index (χ0v) is 18.8. The second-order valence-electron chi connectivity index (χ2n) is 7.39. The van der Waals surface area contributed by atoms with Crippen molar-refractivity contribution in [3.05, 3.63) is 72.3 Å². The van der Waals surface area contributed by atoms with E-state index >= 15 is 0 Å². The molecule has 0 aromatic heterocycles. The predicted octanol–water partition coefficient (Wildman–Crippen LogP) is 5.73. The summed E-state index contributed by atoms with van der Waals surface area (Å²) in [6, 6.07) is 12.6. The molecule has 166 valence electrons. The molecule has 0 saturated carbocycles. The maximum atomic E-state index is 12.5. The average Bonchev–Trinajstić information content (AvgIpc) is 2.75. The van der Waals surface area contributed by atoms with Crippen molar-refractivity contribution in [3.63, 3.8) is 0 Å². The first-order valence-electron chi connectivity index (χ1n) is 10.7. The third-order valence-electron chi connectivity index (χ3n) is 4.76. The number of allylic oxidation sites excluding steroid dienone is 1. The van der Waals surface area contributed by atoms with E-state index in [4.69, 9.17) is 0 Å². The highest BCUT2D eigenvalue weighted by molar-refractivity contribution is 7.91. The number of unbranched alkanes of at least 4 members (excludes halogenated alkanes) is 5. The lowest BCUT2D eigenvalue weighted by atomic mass is 10.1. The monoisotopic (exact) mass is 441 g/mol. The highest BCUT2D eigenvalue weighted by Crippen LogP contribution is 2.16. The van der Waals surface area contributed by atoms with Crippen molar-refractivity contribution in [1.82, 2.24) is 0 Å². The number of hydrogen-bond acceptors (Lipinski definition) is 4. The van der Waals surface area contributed by atoms with Crippen molar-refractivity contribution < 1.29 is 18.3 Å². The van der Waals surface area contributed by atoms with E-state index in [-0.39, 0.29) is 22.3 Å². The van der Waals surface area contributed by atoms with Gasteiger partial charge in [0.25, 0.3) is 0 Å². The molecule has 2 aromatic carbocycles. The minimum Gasteiger partial charge on any atom is -0.508 e. The fourth-order valence-corrected chi connectivity index (χ4v) is 4.09. The fourth-order valence-electron chi connectivity index (χ4n) is 2.96. The second-order valence-corrected chi connectivity index (χ2v) is 9.43. The summed E-state index contributed by atoms with van der Waals surface area (Å²) in [5.74, 6) is -0.191. The Kier molecular flexibility index (Phi) is 10.0. The van der Waals surface area contributed by atoms with Crippen molar-refractivity contribution in [2.75, 3.05) is 11.1 Å². The molecule has 2 N–H and O–H groups in total. The Morgan fingerprint density at radius 2 is 1.61 bits per heavy atom. The molecule has 0 unspecified atom stereocenters. The molecule has 0 atom stereocenters. The Morgan fingerprint density at radius 1 is 0.935 bits per heavy atom. The van der Waals surface area contributed by atoms with Crippen molar-refractivity contribution in [3.8, 4) is 5.75 Å². The molecular formula is C25H31NO4S. The normalized spacial score (nSPS) is 11.9. The van der Waals surface area contributed by atoms with Crippen molar-refractivity contribution in [2.24, 2.45) is 0 Å². The van der Waals surface area contributed by atoms with Crippen LogP contribution in [0.4, 0.5) is 5.69 Å². The van der Waals surface area contributed by atoms with Crippen LogP contribution in [0, 0.1) is 0 Å². The third kappa shape index (κ3) is 9.22. The summed E-state index contributed by atoms with van der Waals surface area (Å²) < 4.78 is 24.9. The van der Waals surface area contributed by atoms with Crippen LogP contribution >= 0.6 is 0 Å². The summed E-state index contributed by atoms with van der Waals surface area (Å²) in [5.41, 5.74) is 1.30. The van der Waals surface area contributed by atoms with E-state index in [1.54, 1.807) is 48.6 Å². The summed E-state index contributed by atoms with van der Waals surface area (Å²) in [6.45, 7) is 2.18. The Hall–Kier alpha value is -2.86. The first kappa shape index (κ1) is 24.4. The lowest BCUT2D eigenvalue weighted by molar-refractivity contribution is -0.111. The van der Waals surface area contributed by atoms with Gasteiger partial charge in [-0.25, -0.2) is 8.42 Å². The highest BCUT2D eigenvalue weighted by Gasteiger charge is 2.12. The topological polar surface area (TPSA) is 83.5 Å². The maximum Gasteiger partial charge on any atom is 0.248 e. The molecular weight excluding hydrogens is 410 g/mol. The molecule has 0 heterocycles. The van der Waals surface area contributed by atoms with Crippen LogP contribution in [0.15, 0.2) is 71.7 Å². The molecule has 0 spiro atoms. The van der Waals surface area contributed by atoms with Crippen LogP contribution in [0.1, 0.15) is 51.0 Å². The Labute approximate surface area is 185 Å². The lowest BCUT2D eigenvalue weighted by Gasteiger charge is -2.05. The molecule has 6 heteroatoms. The number of phenols is 1. The van der Waals surface area contributed by atoms with Crippen LogP contribution in [-0.4, -0.2) is 25.2 Å². The summed E-state index contributed by atoms with van der Waals surface area (Å²) in [6.07, 6.45) is 13.6. The largest absolute Gasteiger partial charge is 0.508 e. The van der Waals surface area contributed by atoms with Crippen LogP contribution in [0.3, 0.4) is 0 Å². The first-order chi connectivity index (χ1) is 14.9. The van der Waals surface area contributed by atoms with Gasteiger partial charge in [0.05, 0.1) is 10.6 Å². The van der Waals surface area contributed by atoms with E-state index in [0.717, 1.165) is 18.4 Å². The highest BCUT2D eigenvalue weighted by atomic mass is 32.2. The quantitative estimate of drug-likeness (QED) is 0.250. The number of carbonyl (C=O) groups excluding carboxylic acids is 1. The molecule has 0 aliphatic carbocycles. The van der Waals surface area contributed by atoms with Gasteiger partial charge in [-0.3, -0.25) is 4.79 Å². The summed E-state index contributed by atoms with van der Waals surface area (Å²) in [5, 5.41) is 12.0. The molecule has 0 aliphatic heterocycles. The third-order valence-corrected chi connectivity index (χ3v) is 6.38. The number of nitrogens with one attached hydrogen (secondary N) is 1. The molecule has 0 radical (unpaired) electrons. The second kappa shape index (κ2) is 12.7. The van der Waals surface area contributed by atoms with Gasteiger partial charge < -0.3 is 10.4 Å². The Balaban J connectivity index is 1.82. The van der Waals surface area contributed by atoms with Crippen LogP contribution in [0.2, 0.25) is 0 Å². The lowest BCUT2D eigenvalue weighted by Crippen LogP contribution is -2.08. The smallest absolute Gasteiger partial charge is 0.248 e. The number of sulfone groups is 1. The van der Waals surface area contributed by atoms with E-state index < -0.39 is 9.84 Å². The van der Waals surface area contributed by atoms with E-state index in [1.165, 1.54) is 43.9 Å². The van der Waals surface area contributed by atoms with Gasteiger partial charge in [0.1, 0.15) is 5.75 Å². The molecule has 0 saturated heterocycles. The standard InChI is InChI=1S/C25H31NO4S/c1-2-3-4-5-6-7-8-9-20-31(29,30)24-17-13-22(14-18-24)26-25(28)19-12-21-10-15-23(27)16-11-21/h8-19,27H,2-7,20H2,1H3,(H,26,28)/b9-8?,19-12+. The van der Waals surface area contributed by atoms with Gasteiger partial charge in [-0.1, -0.05) is 56.9 Å². The number of aromatic hydroxyl groups is 1. The maximum absolute atomic E-state index is 12.5. The van der Waals surface area contributed by atoms with Crippen LogP contribution in [0.5, 0.6) is 5.75 Å². The van der Waals surface area contributed by atoms with E-state index in [2.05, 4.69) is 12.2 Å². The number of amides is 1. The summed E-state index contributed by atoms with van der Waals surface area (Å²) in [4.78, 5) is 12.3. The van der Waals surface area contributed by atoms with Crippen LogP contribution in [0.25, 0.3) is 6.08 Å². The number of benzene rings is 2. The predicted molar refractivity (Wildman–Crippen MR) is 127 cm³/mol. The SMILES string of the molecule is CCCCCCCC=CCS(=O)(=O)c1ccc(NC(=O)/C=C/c2ccc(O)cc2)cc1. The van der Waals surface area contributed by atoms with Gasteiger partial charge in [0.15, 0.2) is 9.84 Å². The molecule has 0 aliphatic rings. The summed E-state index contributed by atoms with van der Waals surface area (Å²) >= 11 is 0. The van der Waals surface area contributed by atoms with Crippen LogP contribution < -0.4 is 5.32 Å². The van der Waals surface area contributed by atoms with E-state index in [9.17, 15) is 18.3 Å². The minimum absolute atomic E-state index is 0.0248. The number of phenolic OH excluding ortho intramolecular Hbond substituents is 1. The molecule has 2 aromatic rings. The summed E-state index contributed by atoms with van der Waals surface area (Å²) in [7, 11) is -3.39. The molecule has 0 fully saturated rings. The zero-order valence-electron chi connectivity index (χ0n) is 18.0. The average molecular weight is 442 g/mol. The van der Waals surface area contributed by atoms with E-state index in [1.807, 2.05) is 6.08 Å². The molecule has 5 nitrogen and oxygen atoms in total. The number of anilines is 1. The van der Waals surface area contributed by atoms with Crippen LogP contribution in [-0.2, 0) is 14.6 Å². The minimum atomic E-state index is -3.39. The van der Waals surface area contributed by atoms with Gasteiger partial charge in [0, 0.05) is 11.8 Å². The zero-order chi connectivity index (χ0) is 22.5. The Morgan fingerprint density at radius 3 is 2.29 bits per heavy atom. The molecule has 0 bridgehead atoms. The van der Waals surface area contributed by atoms with Gasteiger partial charge in [0.2, 0.25) is 5.91 Å². The van der Waals surface area contributed by atoms with Crippen molar-refractivity contribution >= 4 is 27.5 Å². The molecule has 2 rings (SSSR count). The van der Waals surface area contributed by atoms with Gasteiger partial charge in [-0.15, -0.1) is 0 Å². The molecule has 1 amide bonds. The number of hydrogen-bond donors (Lipinski definition) is 2. The van der Waals surface area contributed by atoms with E-state index in [0.29, 0.717) is 5.69 Å². The Bertz CT molecular complexity index is 975. The number of carbonyl (C=O) groups is 1. The van der Waals surface area contributed by atoms with Gasteiger partial charge >= 0.3 is 0 Å². The first-order valence-corrected chi connectivity index (χ1v) is 12.3. The van der Waals surface area contributed by atoms with Crippen molar-refractivity contribution in [1.29, 1.82) is 0 Å². The molecule has 31 heavy (non-hydrogen) atoms. The fraction of sp³-hybridized carbons (Fsp3) is 0.320. The van der Waals surface area contributed by atoms with Crippen molar-refractivity contribution in [2.45, 2.75) is 50.3 Å².